The van der Waals surface area contributed by atoms with Gasteiger partial charge in [0, 0.05) is 11.6 Å². The summed E-state index contributed by atoms with van der Waals surface area (Å²) in [7, 11) is 0. The molecule has 1 aliphatic rings. The number of benzene rings is 2. The number of hydrogen-bond acceptors (Lipinski definition) is 5. The van der Waals surface area contributed by atoms with Gasteiger partial charge in [0.15, 0.2) is 12.4 Å². The first-order valence-electron chi connectivity index (χ1n) is 8.03. The number of aromatic nitrogens is 2. The quantitative estimate of drug-likeness (QED) is 0.637. The Kier molecular flexibility index (Phi) is 4.25. The molecule has 2 amide bonds. The lowest BCUT2D eigenvalue weighted by molar-refractivity contribution is -0.118. The summed E-state index contributed by atoms with van der Waals surface area (Å²) in [5.74, 6) is -0.307. The van der Waals surface area contributed by atoms with Gasteiger partial charge in [-0.25, -0.2) is 4.98 Å². The van der Waals surface area contributed by atoms with Crippen molar-refractivity contribution in [2.75, 3.05) is 11.9 Å². The lowest BCUT2D eigenvalue weighted by atomic mass is 10.1. The zero-order valence-corrected chi connectivity index (χ0v) is 14.6. The minimum absolute atomic E-state index is 0.0197. The predicted molar refractivity (Wildman–Crippen MR) is 99.1 cm³/mol. The molecule has 4 rings (SSSR count). The fourth-order valence-corrected chi connectivity index (χ4v) is 2.89. The van der Waals surface area contributed by atoms with E-state index in [0.717, 1.165) is 5.56 Å². The Morgan fingerprint density at radius 1 is 1.22 bits per heavy atom. The summed E-state index contributed by atoms with van der Waals surface area (Å²) in [5.41, 5.74) is 1.21. The SMILES string of the molecule is O=C1COc2ccc(CNC(=O)c3nc4cc(Cl)ccc4c(=O)[nH]3)cc2N1. The lowest BCUT2D eigenvalue weighted by Gasteiger charge is -2.18. The average Bonchev–Trinajstić information content (AvgIpc) is 2.65. The molecule has 1 aliphatic heterocycles. The molecule has 0 unspecified atom stereocenters. The molecule has 0 fully saturated rings. The molecular formula is C18H13ClN4O4. The Morgan fingerprint density at radius 2 is 2.07 bits per heavy atom. The first kappa shape index (κ1) is 17.0. The van der Waals surface area contributed by atoms with Crippen LogP contribution in [0.2, 0.25) is 5.02 Å². The van der Waals surface area contributed by atoms with E-state index in [2.05, 4.69) is 20.6 Å². The highest BCUT2D eigenvalue weighted by molar-refractivity contribution is 6.31. The van der Waals surface area contributed by atoms with E-state index in [1.165, 1.54) is 6.07 Å². The summed E-state index contributed by atoms with van der Waals surface area (Å²) < 4.78 is 5.29. The van der Waals surface area contributed by atoms with Gasteiger partial charge in [-0.15, -0.1) is 0 Å². The number of nitrogens with zero attached hydrogens (tertiary/aromatic N) is 1. The maximum atomic E-state index is 12.4. The van der Waals surface area contributed by atoms with E-state index in [1.54, 1.807) is 30.3 Å². The van der Waals surface area contributed by atoms with Crippen LogP contribution in [0, 0.1) is 0 Å². The van der Waals surface area contributed by atoms with Crippen molar-refractivity contribution in [1.29, 1.82) is 0 Å². The molecule has 0 saturated carbocycles. The lowest BCUT2D eigenvalue weighted by Crippen LogP contribution is -2.28. The number of hydrogen-bond donors (Lipinski definition) is 3. The van der Waals surface area contributed by atoms with E-state index >= 15 is 0 Å². The van der Waals surface area contributed by atoms with Gasteiger partial charge in [-0.2, -0.15) is 0 Å². The van der Waals surface area contributed by atoms with Crippen LogP contribution in [0.5, 0.6) is 5.75 Å². The van der Waals surface area contributed by atoms with Gasteiger partial charge in [-0.1, -0.05) is 17.7 Å². The highest BCUT2D eigenvalue weighted by Gasteiger charge is 2.16. The van der Waals surface area contributed by atoms with Gasteiger partial charge in [0.2, 0.25) is 0 Å². The second kappa shape index (κ2) is 6.73. The van der Waals surface area contributed by atoms with Crippen molar-refractivity contribution in [2.24, 2.45) is 0 Å². The molecule has 136 valence electrons. The molecule has 2 aromatic carbocycles. The third-order valence-electron chi connectivity index (χ3n) is 4.01. The maximum absolute atomic E-state index is 12.4. The third kappa shape index (κ3) is 3.47. The van der Waals surface area contributed by atoms with Crippen molar-refractivity contribution in [3.63, 3.8) is 0 Å². The highest BCUT2D eigenvalue weighted by atomic mass is 35.5. The van der Waals surface area contributed by atoms with Crippen LogP contribution in [0.1, 0.15) is 16.2 Å². The summed E-state index contributed by atoms with van der Waals surface area (Å²) in [6, 6.07) is 9.85. The number of carbonyl (C=O) groups is 2. The molecule has 0 aliphatic carbocycles. The smallest absolute Gasteiger partial charge is 0.287 e. The minimum atomic E-state index is -0.535. The molecule has 2 heterocycles. The number of anilines is 1. The maximum Gasteiger partial charge on any atom is 0.287 e. The Morgan fingerprint density at radius 3 is 2.93 bits per heavy atom. The number of carbonyl (C=O) groups excluding carboxylic acids is 2. The number of ether oxygens (including phenoxy) is 1. The van der Waals surface area contributed by atoms with Gasteiger partial charge in [-0.3, -0.25) is 14.4 Å². The van der Waals surface area contributed by atoms with Crippen LogP contribution in [-0.4, -0.2) is 28.4 Å². The van der Waals surface area contributed by atoms with Crippen LogP contribution in [0.25, 0.3) is 10.9 Å². The van der Waals surface area contributed by atoms with Gasteiger partial charge in [0.1, 0.15) is 5.75 Å². The summed E-state index contributed by atoms with van der Waals surface area (Å²) in [6.45, 7) is 0.160. The van der Waals surface area contributed by atoms with E-state index in [4.69, 9.17) is 16.3 Å². The molecule has 9 heteroatoms. The van der Waals surface area contributed by atoms with Crippen molar-refractivity contribution >= 4 is 40.0 Å². The number of aromatic amines is 1. The van der Waals surface area contributed by atoms with Gasteiger partial charge >= 0.3 is 0 Å². The van der Waals surface area contributed by atoms with Crippen LogP contribution in [-0.2, 0) is 11.3 Å². The Labute approximate surface area is 157 Å². The van der Waals surface area contributed by atoms with Crippen LogP contribution < -0.4 is 20.9 Å². The molecule has 0 saturated heterocycles. The van der Waals surface area contributed by atoms with E-state index < -0.39 is 11.5 Å². The Hall–Kier alpha value is -3.39. The fraction of sp³-hybridized carbons (Fsp3) is 0.111. The zero-order chi connectivity index (χ0) is 19.0. The fourth-order valence-electron chi connectivity index (χ4n) is 2.73. The van der Waals surface area contributed by atoms with Crippen LogP contribution in [0.15, 0.2) is 41.2 Å². The number of halogens is 1. The van der Waals surface area contributed by atoms with Crippen LogP contribution >= 0.6 is 11.6 Å². The first-order chi connectivity index (χ1) is 13.0. The van der Waals surface area contributed by atoms with E-state index in [1.807, 2.05) is 0 Å². The van der Waals surface area contributed by atoms with Crippen molar-refractivity contribution in [3.8, 4) is 5.75 Å². The number of fused-ring (bicyclic) bond motifs is 2. The van der Waals surface area contributed by atoms with Gasteiger partial charge in [0.05, 0.1) is 16.6 Å². The summed E-state index contributed by atoms with van der Waals surface area (Å²) in [6.07, 6.45) is 0. The molecule has 3 N–H and O–H groups in total. The molecular weight excluding hydrogens is 372 g/mol. The highest BCUT2D eigenvalue weighted by Crippen LogP contribution is 2.28. The number of nitrogens with one attached hydrogen (secondary N) is 3. The van der Waals surface area contributed by atoms with E-state index in [9.17, 15) is 14.4 Å². The molecule has 0 bridgehead atoms. The minimum Gasteiger partial charge on any atom is -0.482 e. The second-order valence-electron chi connectivity index (χ2n) is 5.93. The number of H-pyrrole nitrogens is 1. The standard InChI is InChI=1S/C18H13ClN4O4/c19-10-2-3-11-12(6-10)22-16(23-17(11)25)18(26)20-7-9-1-4-14-13(5-9)21-15(24)8-27-14/h1-6H,7-8H2,(H,20,26)(H,21,24)(H,22,23,25). The predicted octanol–water partition coefficient (Wildman–Crippen LogP) is 1.84. The van der Waals surface area contributed by atoms with Crippen LogP contribution in [0.3, 0.4) is 0 Å². The normalized spacial score (nSPS) is 12.9. The molecule has 0 atom stereocenters. The Balaban J connectivity index is 1.53. The van der Waals surface area contributed by atoms with Crippen molar-refractivity contribution in [3.05, 3.63) is 63.2 Å². The Bertz CT molecular complexity index is 1140. The molecule has 0 spiro atoms. The molecule has 3 aromatic rings. The van der Waals surface area contributed by atoms with Gasteiger partial charge < -0.3 is 20.4 Å². The van der Waals surface area contributed by atoms with Gasteiger partial charge in [-0.05, 0) is 35.9 Å². The number of amides is 2. The van der Waals surface area contributed by atoms with Gasteiger partial charge in [0.25, 0.3) is 17.4 Å². The summed E-state index contributed by atoms with van der Waals surface area (Å²) >= 11 is 5.92. The molecule has 27 heavy (non-hydrogen) atoms. The third-order valence-corrected chi connectivity index (χ3v) is 4.25. The topological polar surface area (TPSA) is 113 Å². The van der Waals surface area contributed by atoms with Crippen molar-refractivity contribution in [2.45, 2.75) is 6.54 Å². The summed E-state index contributed by atoms with van der Waals surface area (Å²) in [4.78, 5) is 42.5. The van der Waals surface area contributed by atoms with Crippen molar-refractivity contribution < 1.29 is 14.3 Å². The second-order valence-corrected chi connectivity index (χ2v) is 6.36. The van der Waals surface area contributed by atoms with Crippen LogP contribution in [0.4, 0.5) is 5.69 Å². The van der Waals surface area contributed by atoms with Crippen molar-refractivity contribution in [1.82, 2.24) is 15.3 Å². The molecule has 1 aromatic heterocycles. The molecule has 8 nitrogen and oxygen atoms in total. The molecule has 0 radical (unpaired) electrons. The summed E-state index contributed by atoms with van der Waals surface area (Å²) in [5, 5.41) is 6.16. The largest absolute Gasteiger partial charge is 0.482 e. The van der Waals surface area contributed by atoms with E-state index in [0.29, 0.717) is 27.4 Å². The average molecular weight is 385 g/mol. The van der Waals surface area contributed by atoms with E-state index in [-0.39, 0.29) is 24.9 Å². The number of rotatable bonds is 3. The first-order valence-corrected chi connectivity index (χ1v) is 8.41. The monoisotopic (exact) mass is 384 g/mol. The zero-order valence-electron chi connectivity index (χ0n) is 13.8.